The third-order valence-corrected chi connectivity index (χ3v) is 2.91. The van der Waals surface area contributed by atoms with Crippen LogP contribution in [0.15, 0.2) is 42.0 Å². The van der Waals surface area contributed by atoms with Crippen LogP contribution in [0.2, 0.25) is 0 Å². The van der Waals surface area contributed by atoms with Crippen molar-refractivity contribution in [1.82, 2.24) is 4.90 Å². The second kappa shape index (κ2) is 5.53. The fraction of sp³-hybridized carbons (Fsp3) is 0.357. The van der Waals surface area contributed by atoms with Crippen molar-refractivity contribution in [2.24, 2.45) is 0 Å². The molecule has 0 bridgehead atoms. The van der Waals surface area contributed by atoms with Gasteiger partial charge in [0.25, 0.3) is 0 Å². The first kappa shape index (κ1) is 11.7. The highest BCUT2D eigenvalue weighted by Crippen LogP contribution is 2.13. The zero-order valence-corrected chi connectivity index (χ0v) is 10.1. The SMILES string of the molecule is CCC1=CCN(C(=O)OCc2ccccc2)C1. The molecule has 0 saturated carbocycles. The predicted molar refractivity (Wildman–Crippen MR) is 66.6 cm³/mol. The summed E-state index contributed by atoms with van der Waals surface area (Å²) in [6.07, 6.45) is 2.88. The number of hydrogen-bond acceptors (Lipinski definition) is 2. The minimum absolute atomic E-state index is 0.228. The average Bonchev–Trinajstić information content (AvgIpc) is 2.86. The van der Waals surface area contributed by atoms with E-state index in [1.165, 1.54) is 5.57 Å². The highest BCUT2D eigenvalue weighted by Gasteiger charge is 2.19. The van der Waals surface area contributed by atoms with Crippen LogP contribution < -0.4 is 0 Å². The van der Waals surface area contributed by atoms with E-state index in [-0.39, 0.29) is 6.09 Å². The van der Waals surface area contributed by atoms with Gasteiger partial charge in [0.2, 0.25) is 0 Å². The molecule has 0 radical (unpaired) electrons. The van der Waals surface area contributed by atoms with E-state index in [2.05, 4.69) is 13.0 Å². The first-order chi connectivity index (χ1) is 8.29. The van der Waals surface area contributed by atoms with Gasteiger partial charge in [-0.2, -0.15) is 0 Å². The quantitative estimate of drug-likeness (QED) is 0.748. The Balaban J connectivity index is 1.79. The molecule has 1 amide bonds. The van der Waals surface area contributed by atoms with E-state index < -0.39 is 0 Å². The Morgan fingerprint density at radius 3 is 2.76 bits per heavy atom. The zero-order chi connectivity index (χ0) is 12.1. The van der Waals surface area contributed by atoms with Crippen LogP contribution in [0.4, 0.5) is 4.79 Å². The van der Waals surface area contributed by atoms with Crippen molar-refractivity contribution >= 4 is 6.09 Å². The molecule has 2 rings (SSSR count). The number of carbonyl (C=O) groups is 1. The summed E-state index contributed by atoms with van der Waals surface area (Å²) in [6.45, 7) is 3.84. The molecule has 0 aliphatic carbocycles. The minimum Gasteiger partial charge on any atom is -0.445 e. The second-order valence-corrected chi connectivity index (χ2v) is 4.14. The Kier molecular flexibility index (Phi) is 3.81. The highest BCUT2D eigenvalue weighted by atomic mass is 16.6. The fourth-order valence-electron chi connectivity index (χ4n) is 1.82. The van der Waals surface area contributed by atoms with Gasteiger partial charge >= 0.3 is 6.09 Å². The van der Waals surface area contributed by atoms with E-state index >= 15 is 0 Å². The van der Waals surface area contributed by atoms with Gasteiger partial charge in [0, 0.05) is 13.1 Å². The maximum atomic E-state index is 11.8. The van der Waals surface area contributed by atoms with E-state index in [4.69, 9.17) is 4.74 Å². The van der Waals surface area contributed by atoms with Crippen LogP contribution in [0.5, 0.6) is 0 Å². The van der Waals surface area contributed by atoms with Crippen LogP contribution in [0.3, 0.4) is 0 Å². The Labute approximate surface area is 102 Å². The van der Waals surface area contributed by atoms with Crippen LogP contribution in [0.25, 0.3) is 0 Å². The van der Waals surface area contributed by atoms with Gasteiger partial charge in [-0.15, -0.1) is 0 Å². The summed E-state index contributed by atoms with van der Waals surface area (Å²) in [4.78, 5) is 13.5. The second-order valence-electron chi connectivity index (χ2n) is 4.14. The Hall–Kier alpha value is -1.77. The third-order valence-electron chi connectivity index (χ3n) is 2.91. The van der Waals surface area contributed by atoms with Crippen molar-refractivity contribution in [3.05, 3.63) is 47.5 Å². The normalized spacial score (nSPS) is 14.6. The van der Waals surface area contributed by atoms with Crippen LogP contribution in [0, 0.1) is 0 Å². The first-order valence-electron chi connectivity index (χ1n) is 5.93. The summed E-state index contributed by atoms with van der Waals surface area (Å²) in [6, 6.07) is 9.73. The van der Waals surface area contributed by atoms with Gasteiger partial charge in [0.05, 0.1) is 0 Å². The maximum Gasteiger partial charge on any atom is 0.410 e. The topological polar surface area (TPSA) is 29.5 Å². The summed E-state index contributed by atoms with van der Waals surface area (Å²) in [5.41, 5.74) is 2.32. The lowest BCUT2D eigenvalue weighted by Crippen LogP contribution is -2.29. The van der Waals surface area contributed by atoms with Gasteiger partial charge in [0.1, 0.15) is 6.61 Å². The van der Waals surface area contributed by atoms with Gasteiger partial charge < -0.3 is 9.64 Å². The largest absolute Gasteiger partial charge is 0.445 e. The molecule has 3 heteroatoms. The average molecular weight is 231 g/mol. The van der Waals surface area contributed by atoms with Crippen LogP contribution in [0.1, 0.15) is 18.9 Å². The molecule has 0 atom stereocenters. The molecule has 0 unspecified atom stereocenters. The van der Waals surface area contributed by atoms with Crippen LogP contribution in [-0.2, 0) is 11.3 Å². The molecule has 1 aromatic rings. The summed E-state index contributed by atoms with van der Waals surface area (Å²) in [5.74, 6) is 0. The predicted octanol–water partition coefficient (Wildman–Crippen LogP) is 2.98. The van der Waals surface area contributed by atoms with Crippen molar-refractivity contribution in [1.29, 1.82) is 0 Å². The minimum atomic E-state index is -0.228. The molecular formula is C14H17NO2. The molecule has 1 aromatic carbocycles. The molecule has 0 saturated heterocycles. The van der Waals surface area contributed by atoms with Crippen molar-refractivity contribution in [2.45, 2.75) is 20.0 Å². The molecule has 1 heterocycles. The number of carbonyl (C=O) groups excluding carboxylic acids is 1. The number of ether oxygens (including phenoxy) is 1. The lowest BCUT2D eigenvalue weighted by Gasteiger charge is -2.16. The lowest BCUT2D eigenvalue weighted by molar-refractivity contribution is 0.105. The Bertz CT molecular complexity index is 411. The van der Waals surface area contributed by atoms with Crippen molar-refractivity contribution in [3.8, 4) is 0 Å². The van der Waals surface area contributed by atoms with Crippen LogP contribution in [-0.4, -0.2) is 24.1 Å². The summed E-state index contributed by atoms with van der Waals surface area (Å²) >= 11 is 0. The molecule has 1 aliphatic rings. The summed E-state index contributed by atoms with van der Waals surface area (Å²) in [5, 5.41) is 0. The molecule has 0 fully saturated rings. The number of hydrogen-bond donors (Lipinski definition) is 0. The van der Waals surface area contributed by atoms with Gasteiger partial charge in [-0.3, -0.25) is 0 Å². The summed E-state index contributed by atoms with van der Waals surface area (Å²) < 4.78 is 5.26. The molecular weight excluding hydrogens is 214 g/mol. The number of nitrogens with zero attached hydrogens (tertiary/aromatic N) is 1. The van der Waals surface area contributed by atoms with Crippen molar-refractivity contribution < 1.29 is 9.53 Å². The summed E-state index contributed by atoms with van der Waals surface area (Å²) in [7, 11) is 0. The van der Waals surface area contributed by atoms with Crippen molar-refractivity contribution in [2.75, 3.05) is 13.1 Å². The van der Waals surface area contributed by atoms with E-state index in [0.29, 0.717) is 19.7 Å². The van der Waals surface area contributed by atoms with E-state index in [0.717, 1.165) is 12.0 Å². The van der Waals surface area contributed by atoms with E-state index in [9.17, 15) is 4.79 Å². The smallest absolute Gasteiger partial charge is 0.410 e. The van der Waals surface area contributed by atoms with Gasteiger partial charge in [-0.25, -0.2) is 4.79 Å². The lowest BCUT2D eigenvalue weighted by atomic mass is 10.2. The molecule has 0 N–H and O–H groups in total. The van der Waals surface area contributed by atoms with Gasteiger partial charge in [-0.05, 0) is 12.0 Å². The molecule has 3 nitrogen and oxygen atoms in total. The number of amides is 1. The maximum absolute atomic E-state index is 11.8. The van der Waals surface area contributed by atoms with Gasteiger partial charge in [-0.1, -0.05) is 48.9 Å². The Morgan fingerprint density at radius 2 is 2.12 bits per heavy atom. The highest BCUT2D eigenvalue weighted by molar-refractivity contribution is 5.69. The van der Waals surface area contributed by atoms with E-state index in [1.54, 1.807) is 4.90 Å². The fourth-order valence-corrected chi connectivity index (χ4v) is 1.82. The Morgan fingerprint density at radius 1 is 1.35 bits per heavy atom. The van der Waals surface area contributed by atoms with Crippen molar-refractivity contribution in [3.63, 3.8) is 0 Å². The monoisotopic (exact) mass is 231 g/mol. The molecule has 0 spiro atoms. The van der Waals surface area contributed by atoms with Gasteiger partial charge in [0.15, 0.2) is 0 Å². The first-order valence-corrected chi connectivity index (χ1v) is 5.93. The third kappa shape index (κ3) is 3.09. The molecule has 17 heavy (non-hydrogen) atoms. The van der Waals surface area contributed by atoms with E-state index in [1.807, 2.05) is 30.3 Å². The molecule has 90 valence electrons. The number of rotatable bonds is 3. The number of benzene rings is 1. The van der Waals surface area contributed by atoms with Crippen LogP contribution >= 0.6 is 0 Å². The standard InChI is InChI=1S/C14H17NO2/c1-2-12-8-9-15(10-12)14(16)17-11-13-6-4-3-5-7-13/h3-8H,2,9-11H2,1H3. The molecule has 1 aliphatic heterocycles. The molecule has 0 aromatic heterocycles. The zero-order valence-electron chi connectivity index (χ0n) is 10.1.